The summed E-state index contributed by atoms with van der Waals surface area (Å²) in [5, 5.41) is 2.97. The number of hydrogen-bond donors (Lipinski definition) is 2. The summed E-state index contributed by atoms with van der Waals surface area (Å²) in [4.78, 5) is 30.8. The Balaban J connectivity index is 1.69. The van der Waals surface area contributed by atoms with Gasteiger partial charge in [0.05, 0.1) is 0 Å². The second-order valence-corrected chi connectivity index (χ2v) is 9.48. The number of nitrogens with one attached hydrogen (secondary N) is 2. The Morgan fingerprint density at radius 3 is 2.58 bits per heavy atom. The molecule has 6 nitrogen and oxygen atoms in total. The maximum Gasteiger partial charge on any atom is 0.253 e. The van der Waals surface area contributed by atoms with Gasteiger partial charge in [-0.05, 0) is 98.9 Å². The third kappa shape index (κ3) is 4.21. The van der Waals surface area contributed by atoms with Crippen molar-refractivity contribution in [2.45, 2.75) is 53.1 Å². The number of halogens is 1. The van der Waals surface area contributed by atoms with Gasteiger partial charge in [-0.15, -0.1) is 0 Å². The van der Waals surface area contributed by atoms with Gasteiger partial charge < -0.3 is 14.7 Å². The first-order chi connectivity index (χ1) is 14.8. The summed E-state index contributed by atoms with van der Waals surface area (Å²) in [5.74, 6) is -0.161. The molecule has 3 aromatic rings. The summed E-state index contributed by atoms with van der Waals surface area (Å²) in [7, 11) is 0. The summed E-state index contributed by atoms with van der Waals surface area (Å²) in [5.41, 5.74) is 5.89. The molecular weight excluding hydrogens is 456 g/mol. The highest BCUT2D eigenvalue weighted by atomic mass is 79.9. The molecule has 1 atom stereocenters. The van der Waals surface area contributed by atoms with Crippen LogP contribution >= 0.6 is 15.9 Å². The zero-order chi connectivity index (χ0) is 22.3. The maximum absolute atomic E-state index is 13.2. The first kappa shape index (κ1) is 21.8. The number of aromatic nitrogens is 2. The van der Waals surface area contributed by atoms with Crippen LogP contribution in [0.5, 0.6) is 0 Å². The van der Waals surface area contributed by atoms with Crippen molar-refractivity contribution < 1.29 is 4.79 Å². The van der Waals surface area contributed by atoms with E-state index in [1.165, 1.54) is 12.8 Å². The number of aromatic amines is 1. The van der Waals surface area contributed by atoms with E-state index >= 15 is 0 Å². The van der Waals surface area contributed by atoms with Crippen LogP contribution in [0, 0.1) is 20.8 Å². The molecule has 1 aliphatic rings. The molecular formula is C24H29BrN4O2. The van der Waals surface area contributed by atoms with Crippen LogP contribution < -0.4 is 10.9 Å². The second-order valence-electron chi connectivity index (χ2n) is 8.57. The van der Waals surface area contributed by atoms with Crippen LogP contribution in [0.2, 0.25) is 0 Å². The lowest BCUT2D eigenvalue weighted by Crippen LogP contribution is -2.30. The highest BCUT2D eigenvalue weighted by Crippen LogP contribution is 2.31. The Kier molecular flexibility index (Phi) is 6.08. The molecule has 0 radical (unpaired) electrons. The first-order valence-electron chi connectivity index (χ1n) is 10.8. The van der Waals surface area contributed by atoms with E-state index in [1.54, 1.807) is 0 Å². The highest BCUT2D eigenvalue weighted by Gasteiger charge is 2.26. The van der Waals surface area contributed by atoms with Crippen LogP contribution in [0.25, 0.3) is 5.52 Å². The van der Waals surface area contributed by atoms with E-state index in [4.69, 9.17) is 0 Å². The molecule has 0 spiro atoms. The molecule has 0 bridgehead atoms. The predicted octanol–water partition coefficient (Wildman–Crippen LogP) is 4.40. The second kappa shape index (κ2) is 8.63. The van der Waals surface area contributed by atoms with Crippen molar-refractivity contribution in [3.05, 3.63) is 72.9 Å². The summed E-state index contributed by atoms with van der Waals surface area (Å²) in [6.07, 6.45) is 4.50. The Morgan fingerprint density at radius 1 is 1.19 bits per heavy atom. The number of rotatable bonds is 5. The molecule has 1 fully saturated rings. The number of aryl methyl sites for hydroxylation is 2. The molecule has 1 amide bonds. The van der Waals surface area contributed by atoms with E-state index < -0.39 is 0 Å². The molecule has 31 heavy (non-hydrogen) atoms. The normalized spacial score (nSPS) is 15.5. The Morgan fingerprint density at radius 2 is 1.90 bits per heavy atom. The fourth-order valence-electron chi connectivity index (χ4n) is 4.76. The summed E-state index contributed by atoms with van der Waals surface area (Å²) < 4.78 is 3.18. The largest absolute Gasteiger partial charge is 0.348 e. The third-order valence-corrected chi connectivity index (χ3v) is 6.84. The minimum Gasteiger partial charge on any atom is -0.348 e. The highest BCUT2D eigenvalue weighted by molar-refractivity contribution is 9.10. The molecule has 2 N–H and O–H groups in total. The summed E-state index contributed by atoms with van der Waals surface area (Å²) in [6, 6.07) is 6.10. The number of hydrogen-bond acceptors (Lipinski definition) is 3. The molecule has 4 rings (SSSR count). The van der Waals surface area contributed by atoms with Gasteiger partial charge in [0.15, 0.2) is 0 Å². The average molecular weight is 485 g/mol. The number of pyridine rings is 2. The van der Waals surface area contributed by atoms with Gasteiger partial charge in [0.1, 0.15) is 0 Å². The number of carbonyl (C=O) groups excluding carboxylic acids is 1. The Bertz CT molecular complexity index is 1200. The number of nitrogens with zero attached hydrogens (tertiary/aromatic N) is 2. The van der Waals surface area contributed by atoms with Gasteiger partial charge in [-0.25, -0.2) is 0 Å². The molecule has 0 saturated carbocycles. The zero-order valence-electron chi connectivity index (χ0n) is 18.5. The van der Waals surface area contributed by atoms with E-state index in [2.05, 4.69) is 48.7 Å². The van der Waals surface area contributed by atoms with Crippen LogP contribution in [-0.4, -0.2) is 33.3 Å². The van der Waals surface area contributed by atoms with Crippen LogP contribution in [0.1, 0.15) is 64.2 Å². The van der Waals surface area contributed by atoms with Crippen molar-refractivity contribution in [3.63, 3.8) is 0 Å². The molecule has 7 heteroatoms. The van der Waals surface area contributed by atoms with E-state index in [-0.39, 0.29) is 24.1 Å². The van der Waals surface area contributed by atoms with Crippen molar-refractivity contribution >= 4 is 27.4 Å². The van der Waals surface area contributed by atoms with Crippen LogP contribution in [0.4, 0.5) is 0 Å². The van der Waals surface area contributed by atoms with Gasteiger partial charge in [-0.1, -0.05) is 0 Å². The average Bonchev–Trinajstić information content (AvgIpc) is 3.35. The van der Waals surface area contributed by atoms with Crippen LogP contribution in [-0.2, 0) is 6.54 Å². The number of H-pyrrole nitrogens is 1. The van der Waals surface area contributed by atoms with Crippen molar-refractivity contribution in [3.8, 4) is 0 Å². The molecule has 1 saturated heterocycles. The molecule has 0 aliphatic carbocycles. The van der Waals surface area contributed by atoms with Gasteiger partial charge in [0.2, 0.25) is 0 Å². The smallest absolute Gasteiger partial charge is 0.253 e. The molecule has 1 aliphatic heterocycles. The number of fused-ring (bicyclic) bond motifs is 1. The van der Waals surface area contributed by atoms with Crippen molar-refractivity contribution in [2.24, 2.45) is 0 Å². The van der Waals surface area contributed by atoms with Gasteiger partial charge >= 0.3 is 0 Å². The standard InChI is InChI=1S/C24H29BrN4O2/c1-14-9-15(2)27-24(31)21(14)12-26-23(30)20-11-19-10-18(25)13-29(19)22(16(20)3)17(4)28-7-5-6-8-28/h9-11,13,17H,5-8,12H2,1-4H3,(H,26,30)(H,27,31). The van der Waals surface area contributed by atoms with Crippen molar-refractivity contribution in [1.82, 2.24) is 19.6 Å². The van der Waals surface area contributed by atoms with Crippen molar-refractivity contribution in [1.29, 1.82) is 0 Å². The van der Waals surface area contributed by atoms with Gasteiger partial charge in [-0.3, -0.25) is 14.5 Å². The number of carbonyl (C=O) groups is 1. The lowest BCUT2D eigenvalue weighted by molar-refractivity contribution is 0.0949. The minimum atomic E-state index is -0.161. The quantitative estimate of drug-likeness (QED) is 0.563. The fourth-order valence-corrected chi connectivity index (χ4v) is 5.20. The number of amides is 1. The van der Waals surface area contributed by atoms with E-state index in [0.717, 1.165) is 45.6 Å². The topological polar surface area (TPSA) is 69.6 Å². The molecule has 164 valence electrons. The van der Waals surface area contributed by atoms with Gasteiger partial charge in [-0.2, -0.15) is 0 Å². The Hall–Kier alpha value is -2.38. The van der Waals surface area contributed by atoms with Crippen molar-refractivity contribution in [2.75, 3.05) is 13.1 Å². The fraction of sp³-hybridized carbons (Fsp3) is 0.417. The molecule has 4 heterocycles. The number of likely N-dealkylation sites (tertiary alicyclic amines) is 1. The third-order valence-electron chi connectivity index (χ3n) is 6.40. The van der Waals surface area contributed by atoms with Gasteiger partial charge in [0, 0.05) is 51.3 Å². The summed E-state index contributed by atoms with van der Waals surface area (Å²) >= 11 is 3.59. The lowest BCUT2D eigenvalue weighted by atomic mass is 10.0. The van der Waals surface area contributed by atoms with E-state index in [0.29, 0.717) is 11.1 Å². The minimum absolute atomic E-state index is 0.149. The van der Waals surface area contributed by atoms with E-state index in [1.807, 2.05) is 39.0 Å². The van der Waals surface area contributed by atoms with Crippen LogP contribution in [0.15, 0.2) is 33.7 Å². The first-order valence-corrected chi connectivity index (χ1v) is 11.6. The monoisotopic (exact) mass is 484 g/mol. The molecule has 3 aromatic heterocycles. The predicted molar refractivity (Wildman–Crippen MR) is 127 cm³/mol. The molecule has 0 aromatic carbocycles. The summed E-state index contributed by atoms with van der Waals surface area (Å²) in [6.45, 7) is 10.4. The maximum atomic E-state index is 13.2. The Labute approximate surface area is 190 Å². The van der Waals surface area contributed by atoms with E-state index in [9.17, 15) is 9.59 Å². The van der Waals surface area contributed by atoms with Crippen LogP contribution in [0.3, 0.4) is 0 Å². The SMILES string of the molecule is Cc1cc(C)c(CNC(=O)c2cc3cc(Br)cn3c(C(C)N3CCCC3)c2C)c(=O)[nH]1. The zero-order valence-corrected chi connectivity index (χ0v) is 20.1. The lowest BCUT2D eigenvalue weighted by Gasteiger charge is -2.27. The van der Waals surface area contributed by atoms with Gasteiger partial charge in [0.25, 0.3) is 11.5 Å². The molecule has 1 unspecified atom stereocenters.